The summed E-state index contributed by atoms with van der Waals surface area (Å²) >= 11 is 0. The van der Waals surface area contributed by atoms with Gasteiger partial charge in [0.25, 0.3) is 0 Å². The van der Waals surface area contributed by atoms with Crippen molar-refractivity contribution in [3.8, 4) is 17.6 Å². The van der Waals surface area contributed by atoms with Crippen LogP contribution in [-0.2, 0) is 22.4 Å². The van der Waals surface area contributed by atoms with Crippen LogP contribution in [0.25, 0.3) is 0 Å². The molecule has 0 aliphatic rings. The Kier molecular flexibility index (Phi) is 11.3. The predicted octanol–water partition coefficient (Wildman–Crippen LogP) is 1.61. The molecule has 0 saturated carbocycles. The molecule has 0 heterocycles. The van der Waals surface area contributed by atoms with Crippen LogP contribution < -0.4 is 14.8 Å². The van der Waals surface area contributed by atoms with Crippen molar-refractivity contribution in [2.45, 2.75) is 32.1 Å². The maximum Gasteiger partial charge on any atom is 0.475 e. The van der Waals surface area contributed by atoms with Crippen LogP contribution in [0.15, 0.2) is 48.5 Å². The summed E-state index contributed by atoms with van der Waals surface area (Å²) in [5, 5.41) is 31.4. The first kappa shape index (κ1) is 28.7. The summed E-state index contributed by atoms with van der Waals surface area (Å²) in [6, 6.07) is 16.7. The van der Waals surface area contributed by atoms with Gasteiger partial charge in [0.05, 0.1) is 32.1 Å². The first-order chi connectivity index (χ1) is 17.2. The van der Waals surface area contributed by atoms with Crippen LogP contribution in [-0.4, -0.2) is 67.6 Å². The Morgan fingerprint density at radius 1 is 1.08 bits per heavy atom. The molecule has 0 spiro atoms. The van der Waals surface area contributed by atoms with Gasteiger partial charge in [-0.2, -0.15) is 5.26 Å². The molecule has 0 aliphatic heterocycles. The van der Waals surface area contributed by atoms with Crippen LogP contribution in [0, 0.1) is 23.2 Å². The third-order valence-corrected chi connectivity index (χ3v) is 5.79. The molecule has 0 bridgehead atoms. The summed E-state index contributed by atoms with van der Waals surface area (Å²) < 4.78 is 11.2. The predicted molar refractivity (Wildman–Crippen MR) is 136 cm³/mol. The Morgan fingerprint density at radius 3 is 2.36 bits per heavy atom. The van der Waals surface area contributed by atoms with E-state index in [2.05, 4.69) is 11.4 Å². The normalized spacial score (nSPS) is 13.0. The van der Waals surface area contributed by atoms with Crippen molar-refractivity contribution < 1.29 is 29.1 Å². The van der Waals surface area contributed by atoms with Gasteiger partial charge in [0.1, 0.15) is 5.92 Å². The largest absolute Gasteiger partial charge is 0.493 e. The zero-order valence-corrected chi connectivity index (χ0v) is 21.2. The van der Waals surface area contributed by atoms with E-state index in [4.69, 9.17) is 9.47 Å². The molecule has 2 aromatic carbocycles. The average Bonchev–Trinajstić information content (AvgIpc) is 2.84. The molecule has 2 rings (SSSR count). The molecule has 36 heavy (non-hydrogen) atoms. The van der Waals surface area contributed by atoms with Gasteiger partial charge in [0.15, 0.2) is 11.5 Å². The Morgan fingerprint density at radius 2 is 1.78 bits per heavy atom. The molecule has 2 aromatic rings. The lowest BCUT2D eigenvalue weighted by Crippen LogP contribution is -2.48. The van der Waals surface area contributed by atoms with Crippen molar-refractivity contribution >= 4 is 18.9 Å². The first-order valence-electron chi connectivity index (χ1n) is 11.8. The van der Waals surface area contributed by atoms with Crippen LogP contribution in [0.2, 0.25) is 0 Å². The number of carbonyl (C=O) groups is 2. The number of carbonyl (C=O) groups excluding carboxylic acids is 2. The van der Waals surface area contributed by atoms with Gasteiger partial charge < -0.3 is 29.7 Å². The monoisotopic (exact) mass is 495 g/mol. The average molecular weight is 495 g/mol. The minimum absolute atomic E-state index is 0.00433. The van der Waals surface area contributed by atoms with E-state index in [9.17, 15) is 24.9 Å². The van der Waals surface area contributed by atoms with Gasteiger partial charge in [-0.1, -0.05) is 43.3 Å². The third kappa shape index (κ3) is 8.59. The molecule has 192 valence electrons. The second-order valence-electron chi connectivity index (χ2n) is 8.88. The molecular weight excluding hydrogens is 461 g/mol. The summed E-state index contributed by atoms with van der Waals surface area (Å²) in [6.45, 7) is 1.90. The number of hydrogen-bond donors (Lipinski definition) is 3. The molecule has 9 nitrogen and oxygen atoms in total. The van der Waals surface area contributed by atoms with E-state index in [1.165, 1.54) is 12.0 Å². The number of amides is 2. The fourth-order valence-corrected chi connectivity index (χ4v) is 3.79. The minimum Gasteiger partial charge on any atom is -0.493 e. The minimum atomic E-state index is -1.70. The van der Waals surface area contributed by atoms with E-state index in [1.807, 2.05) is 43.3 Å². The quantitative estimate of drug-likeness (QED) is 0.360. The van der Waals surface area contributed by atoms with Gasteiger partial charge in [0.2, 0.25) is 11.8 Å². The highest BCUT2D eigenvalue weighted by molar-refractivity contribution is 6.43. The number of ether oxygens (including phenoxy) is 2. The lowest BCUT2D eigenvalue weighted by atomic mass is 9.76. The van der Waals surface area contributed by atoms with Gasteiger partial charge in [0, 0.05) is 14.1 Å². The van der Waals surface area contributed by atoms with Gasteiger partial charge in [-0.15, -0.1) is 0 Å². The second-order valence-corrected chi connectivity index (χ2v) is 8.88. The Bertz CT molecular complexity index is 1040. The molecule has 10 heteroatoms. The second kappa shape index (κ2) is 14.1. The maximum absolute atomic E-state index is 12.4. The number of nitrogens with one attached hydrogen (secondary N) is 1. The van der Waals surface area contributed by atoms with Crippen molar-refractivity contribution in [1.82, 2.24) is 10.2 Å². The lowest BCUT2D eigenvalue weighted by molar-refractivity contribution is -0.132. The summed E-state index contributed by atoms with van der Waals surface area (Å²) in [7, 11) is 3.06. The molecule has 2 unspecified atom stereocenters. The summed E-state index contributed by atoms with van der Waals surface area (Å²) in [4.78, 5) is 26.1. The number of nitriles is 1. The van der Waals surface area contributed by atoms with Crippen molar-refractivity contribution in [3.05, 3.63) is 59.7 Å². The molecule has 2 amide bonds. The van der Waals surface area contributed by atoms with Crippen molar-refractivity contribution in [2.75, 3.05) is 27.8 Å². The third-order valence-electron chi connectivity index (χ3n) is 5.79. The summed E-state index contributed by atoms with van der Waals surface area (Å²) in [5.74, 6) is -1.53. The molecule has 0 aromatic heterocycles. The van der Waals surface area contributed by atoms with Gasteiger partial charge >= 0.3 is 7.12 Å². The first-order valence-corrected chi connectivity index (χ1v) is 11.8. The van der Waals surface area contributed by atoms with Crippen LogP contribution >= 0.6 is 0 Å². The van der Waals surface area contributed by atoms with E-state index in [-0.39, 0.29) is 37.2 Å². The highest BCUT2D eigenvalue weighted by Crippen LogP contribution is 2.30. The number of benzene rings is 2. The zero-order chi connectivity index (χ0) is 26.7. The summed E-state index contributed by atoms with van der Waals surface area (Å²) in [5.41, 5.74) is 1.73. The van der Waals surface area contributed by atoms with E-state index < -0.39 is 19.0 Å². The van der Waals surface area contributed by atoms with Gasteiger partial charge in [-0.25, -0.2) is 0 Å². The molecule has 3 N–H and O–H groups in total. The SMILES string of the molecule is COc1ccc(CC(C)C(C#N)C(=O)N(C)C)cc1OCCC(=O)N[C@@H](Cc1ccccc1)B(O)O. The molecule has 0 radical (unpaired) electrons. The zero-order valence-electron chi connectivity index (χ0n) is 21.2. The molecule has 0 aliphatic carbocycles. The van der Waals surface area contributed by atoms with Crippen LogP contribution in [0.1, 0.15) is 24.5 Å². The molecule has 0 saturated heterocycles. The number of hydrogen-bond acceptors (Lipinski definition) is 7. The highest BCUT2D eigenvalue weighted by atomic mass is 16.5. The Hall–Kier alpha value is -3.55. The van der Waals surface area contributed by atoms with Crippen molar-refractivity contribution in [2.24, 2.45) is 11.8 Å². The topological polar surface area (TPSA) is 132 Å². The van der Waals surface area contributed by atoms with Crippen molar-refractivity contribution in [3.63, 3.8) is 0 Å². The number of rotatable bonds is 13. The number of nitrogens with zero attached hydrogens (tertiary/aromatic N) is 2. The fourth-order valence-electron chi connectivity index (χ4n) is 3.79. The van der Waals surface area contributed by atoms with E-state index in [0.717, 1.165) is 11.1 Å². The van der Waals surface area contributed by atoms with Crippen LogP contribution in [0.4, 0.5) is 0 Å². The summed E-state index contributed by atoms with van der Waals surface area (Å²) in [6.07, 6.45) is 0.753. The highest BCUT2D eigenvalue weighted by Gasteiger charge is 2.27. The van der Waals surface area contributed by atoms with E-state index in [0.29, 0.717) is 17.9 Å². The maximum atomic E-state index is 12.4. The number of methoxy groups -OCH3 is 1. The Balaban J connectivity index is 1.97. The molecule has 0 fully saturated rings. The van der Waals surface area contributed by atoms with Gasteiger partial charge in [-0.3, -0.25) is 9.59 Å². The standard InChI is InChI=1S/C26H34BN3O6/c1-18(21(17-28)26(32)30(2)3)14-20-10-11-22(35-4)23(15-20)36-13-12-25(31)29-24(27(33)34)16-19-8-6-5-7-9-19/h5-11,15,18,21,24,33-34H,12-14,16H2,1-4H3,(H,29,31)/t18?,21?,24-/m0/s1. The molecular formula is C26H34BN3O6. The van der Waals surface area contributed by atoms with Crippen LogP contribution in [0.5, 0.6) is 11.5 Å². The fraction of sp³-hybridized carbons (Fsp3) is 0.423. The Labute approximate surface area is 212 Å². The van der Waals surface area contributed by atoms with Crippen molar-refractivity contribution in [1.29, 1.82) is 5.26 Å². The smallest absolute Gasteiger partial charge is 0.475 e. The van der Waals surface area contributed by atoms with E-state index >= 15 is 0 Å². The molecule has 3 atom stereocenters. The lowest BCUT2D eigenvalue weighted by Gasteiger charge is -2.21. The van der Waals surface area contributed by atoms with Gasteiger partial charge in [-0.05, 0) is 42.0 Å². The van der Waals surface area contributed by atoms with Crippen LogP contribution in [0.3, 0.4) is 0 Å². The van der Waals surface area contributed by atoms with E-state index in [1.54, 1.807) is 26.2 Å².